The fourth-order valence-corrected chi connectivity index (χ4v) is 5.14. The molecule has 0 aliphatic carbocycles. The number of thioether (sulfide) groups is 1. The lowest BCUT2D eigenvalue weighted by Crippen LogP contribution is -2.19. The smallest absolute Gasteiger partial charge is 0.264 e. The molecule has 8 heteroatoms. The summed E-state index contributed by atoms with van der Waals surface area (Å²) in [5, 5.41) is 3.39. The lowest BCUT2D eigenvalue weighted by atomic mass is 10.2. The van der Waals surface area contributed by atoms with Crippen LogP contribution in [0, 0.1) is 7.14 Å². The third-order valence-corrected chi connectivity index (χ3v) is 6.85. The zero-order valence-electron chi connectivity index (χ0n) is 17.0. The Morgan fingerprint density at radius 2 is 1.88 bits per heavy atom. The van der Waals surface area contributed by atoms with Crippen LogP contribution in [0.15, 0.2) is 76.6 Å². The van der Waals surface area contributed by atoms with Crippen molar-refractivity contribution in [2.75, 3.05) is 7.11 Å². The predicted molar refractivity (Wildman–Crippen MR) is 146 cm³/mol. The van der Waals surface area contributed by atoms with E-state index in [4.69, 9.17) is 9.47 Å². The van der Waals surface area contributed by atoms with Crippen LogP contribution >= 0.6 is 56.9 Å². The van der Waals surface area contributed by atoms with Gasteiger partial charge in [0.15, 0.2) is 16.7 Å². The van der Waals surface area contributed by atoms with Gasteiger partial charge in [-0.15, -0.1) is 0 Å². The zero-order valence-corrected chi connectivity index (χ0v) is 22.1. The quantitative estimate of drug-likeness (QED) is 0.245. The van der Waals surface area contributed by atoms with Crippen molar-refractivity contribution in [2.45, 2.75) is 6.61 Å². The normalized spacial score (nSPS) is 15.8. The lowest BCUT2D eigenvalue weighted by molar-refractivity contribution is -0.115. The molecule has 1 aliphatic heterocycles. The Balaban J connectivity index is 1.54. The van der Waals surface area contributed by atoms with E-state index in [2.05, 4.69) is 55.5 Å². The van der Waals surface area contributed by atoms with Gasteiger partial charge in [0.2, 0.25) is 0 Å². The van der Waals surface area contributed by atoms with Crippen molar-refractivity contribution in [3.8, 4) is 11.5 Å². The van der Waals surface area contributed by atoms with Crippen molar-refractivity contribution in [3.05, 3.63) is 89.9 Å². The van der Waals surface area contributed by atoms with Crippen LogP contribution in [0.5, 0.6) is 11.5 Å². The number of amides is 1. The highest BCUT2D eigenvalue weighted by molar-refractivity contribution is 14.1. The van der Waals surface area contributed by atoms with Crippen LogP contribution in [0.1, 0.15) is 11.1 Å². The molecule has 5 nitrogen and oxygen atoms in total. The number of carbonyl (C=O) groups excluding carboxylic acids is 1. The molecule has 1 saturated heterocycles. The van der Waals surface area contributed by atoms with Crippen LogP contribution in [0.25, 0.3) is 6.08 Å². The Labute approximate surface area is 218 Å². The van der Waals surface area contributed by atoms with E-state index in [0.717, 1.165) is 24.0 Å². The monoisotopic (exact) mass is 668 g/mol. The highest BCUT2D eigenvalue weighted by Crippen LogP contribution is 2.36. The Hall–Kier alpha value is -2.05. The molecule has 3 aromatic rings. The Kier molecular flexibility index (Phi) is 7.74. The van der Waals surface area contributed by atoms with Crippen molar-refractivity contribution < 1.29 is 14.3 Å². The first-order chi connectivity index (χ1) is 15.5. The average molecular weight is 668 g/mol. The molecule has 0 radical (unpaired) electrons. The Morgan fingerprint density at radius 3 is 2.62 bits per heavy atom. The number of carbonyl (C=O) groups is 1. The zero-order chi connectivity index (χ0) is 22.5. The molecule has 1 heterocycles. The predicted octanol–water partition coefficient (Wildman–Crippen LogP) is 6.38. The second-order valence-corrected chi connectivity index (χ2v) is 10.2. The summed E-state index contributed by atoms with van der Waals surface area (Å²) in [6.45, 7) is 0.449. The number of ether oxygens (including phenoxy) is 2. The first kappa shape index (κ1) is 23.1. The maximum absolute atomic E-state index is 12.5. The van der Waals surface area contributed by atoms with Gasteiger partial charge in [0, 0.05) is 3.57 Å². The molecule has 0 unspecified atom stereocenters. The molecule has 1 fully saturated rings. The number of rotatable bonds is 6. The molecule has 0 bridgehead atoms. The number of aliphatic imine (C=N–C) groups is 1. The third-order valence-electron chi connectivity index (χ3n) is 4.47. The molecule has 1 N–H and O–H groups in total. The van der Waals surface area contributed by atoms with Gasteiger partial charge in [-0.05, 0) is 104 Å². The van der Waals surface area contributed by atoms with Gasteiger partial charge in [-0.25, -0.2) is 4.99 Å². The average Bonchev–Trinajstić information content (AvgIpc) is 3.11. The van der Waals surface area contributed by atoms with E-state index in [0.29, 0.717) is 28.2 Å². The van der Waals surface area contributed by atoms with Gasteiger partial charge in [0.25, 0.3) is 5.91 Å². The second kappa shape index (κ2) is 10.7. The number of hydrogen-bond donors (Lipinski definition) is 1. The van der Waals surface area contributed by atoms with E-state index < -0.39 is 0 Å². The van der Waals surface area contributed by atoms with E-state index in [1.807, 2.05) is 72.8 Å². The van der Waals surface area contributed by atoms with Crippen molar-refractivity contribution in [2.24, 2.45) is 4.99 Å². The summed E-state index contributed by atoms with van der Waals surface area (Å²) >= 11 is 5.78. The highest BCUT2D eigenvalue weighted by atomic mass is 127. The highest BCUT2D eigenvalue weighted by Gasteiger charge is 2.24. The van der Waals surface area contributed by atoms with E-state index in [1.165, 1.54) is 11.8 Å². The van der Waals surface area contributed by atoms with Gasteiger partial charge < -0.3 is 14.8 Å². The summed E-state index contributed by atoms with van der Waals surface area (Å²) in [6, 6.07) is 21.6. The van der Waals surface area contributed by atoms with Gasteiger partial charge in [-0.2, -0.15) is 0 Å². The molecule has 0 saturated carbocycles. The van der Waals surface area contributed by atoms with Gasteiger partial charge in [-0.1, -0.05) is 36.4 Å². The molecular weight excluding hydrogens is 650 g/mol. The summed E-state index contributed by atoms with van der Waals surface area (Å²) in [5.41, 5.74) is 2.74. The topological polar surface area (TPSA) is 59.9 Å². The van der Waals surface area contributed by atoms with E-state index in [9.17, 15) is 4.79 Å². The summed E-state index contributed by atoms with van der Waals surface area (Å²) in [6.07, 6.45) is 1.84. The molecule has 3 aromatic carbocycles. The molecule has 162 valence electrons. The maximum Gasteiger partial charge on any atom is 0.264 e. The fourth-order valence-electron chi connectivity index (χ4n) is 2.99. The molecule has 0 atom stereocenters. The van der Waals surface area contributed by atoms with Crippen LogP contribution in [0.2, 0.25) is 0 Å². The standard InChI is InChI=1S/C24H18I2N2O3S/c1-30-20-11-16(10-19(26)22(20)31-14-15-6-3-2-4-7-15)12-21-23(29)28-24(32-21)27-18-9-5-8-17(25)13-18/h2-13H,14H2,1H3,(H,27,28,29)/b21-12+. The van der Waals surface area contributed by atoms with Gasteiger partial charge in [-0.3, -0.25) is 4.79 Å². The molecule has 4 rings (SSSR count). The third kappa shape index (κ3) is 5.84. The minimum Gasteiger partial charge on any atom is -0.493 e. The summed E-state index contributed by atoms with van der Waals surface area (Å²) in [5.74, 6) is 1.14. The number of amidine groups is 1. The summed E-state index contributed by atoms with van der Waals surface area (Å²) in [7, 11) is 1.61. The molecule has 0 aromatic heterocycles. The van der Waals surface area contributed by atoms with Gasteiger partial charge in [0.1, 0.15) is 6.61 Å². The lowest BCUT2D eigenvalue weighted by Gasteiger charge is -2.14. The number of halogens is 2. The first-order valence-electron chi connectivity index (χ1n) is 9.61. The Bertz CT molecular complexity index is 1210. The van der Waals surface area contributed by atoms with Gasteiger partial charge in [0.05, 0.1) is 21.3 Å². The number of nitrogens with one attached hydrogen (secondary N) is 1. The van der Waals surface area contributed by atoms with Crippen LogP contribution in [0.4, 0.5) is 5.69 Å². The van der Waals surface area contributed by atoms with Crippen molar-refractivity contribution in [1.82, 2.24) is 5.32 Å². The van der Waals surface area contributed by atoms with Crippen LogP contribution in [-0.4, -0.2) is 18.2 Å². The molecule has 0 spiro atoms. The number of benzene rings is 3. The minimum absolute atomic E-state index is 0.169. The SMILES string of the molecule is COc1cc(/C=C2/SC(=Nc3cccc(I)c3)NC2=O)cc(I)c1OCc1ccccc1. The molecule has 1 amide bonds. The molecule has 1 aliphatic rings. The van der Waals surface area contributed by atoms with Crippen molar-refractivity contribution in [1.29, 1.82) is 0 Å². The maximum atomic E-state index is 12.5. The summed E-state index contributed by atoms with van der Waals surface area (Å²) in [4.78, 5) is 17.6. The van der Waals surface area contributed by atoms with E-state index >= 15 is 0 Å². The second-order valence-electron chi connectivity index (χ2n) is 6.77. The minimum atomic E-state index is -0.169. The molecular formula is C24H18I2N2O3S. The van der Waals surface area contributed by atoms with Crippen LogP contribution < -0.4 is 14.8 Å². The van der Waals surface area contributed by atoms with Crippen molar-refractivity contribution >= 4 is 79.8 Å². The fraction of sp³-hybridized carbons (Fsp3) is 0.0833. The van der Waals surface area contributed by atoms with Crippen LogP contribution in [-0.2, 0) is 11.4 Å². The van der Waals surface area contributed by atoms with Crippen molar-refractivity contribution in [3.63, 3.8) is 0 Å². The number of methoxy groups -OCH3 is 1. The van der Waals surface area contributed by atoms with Gasteiger partial charge >= 0.3 is 0 Å². The van der Waals surface area contributed by atoms with E-state index in [1.54, 1.807) is 7.11 Å². The summed E-state index contributed by atoms with van der Waals surface area (Å²) < 4.78 is 13.6. The largest absolute Gasteiger partial charge is 0.493 e. The first-order valence-corrected chi connectivity index (χ1v) is 12.6. The number of nitrogens with zero attached hydrogens (tertiary/aromatic N) is 1. The molecule has 32 heavy (non-hydrogen) atoms. The van der Waals surface area contributed by atoms with E-state index in [-0.39, 0.29) is 5.91 Å². The Morgan fingerprint density at radius 1 is 1.06 bits per heavy atom. The van der Waals surface area contributed by atoms with Crippen LogP contribution in [0.3, 0.4) is 0 Å². The number of hydrogen-bond acceptors (Lipinski definition) is 5.